The first kappa shape index (κ1) is 20.5. The number of carbonyl (C=O) groups is 2. The Morgan fingerprint density at radius 3 is 2.27 bits per heavy atom. The highest BCUT2D eigenvalue weighted by Crippen LogP contribution is 2.29. The van der Waals surface area contributed by atoms with E-state index in [-0.39, 0.29) is 24.5 Å². The van der Waals surface area contributed by atoms with E-state index in [4.69, 9.17) is 4.74 Å². The molecule has 2 N–H and O–H groups in total. The highest BCUT2D eigenvalue weighted by Gasteiger charge is 2.18. The number of ether oxygens (including phenoxy) is 1. The van der Waals surface area contributed by atoms with Crippen LogP contribution in [0.15, 0.2) is 78.9 Å². The number of rotatable bonds is 8. The van der Waals surface area contributed by atoms with Gasteiger partial charge in [-0.1, -0.05) is 48.5 Å². The molecule has 2 amide bonds. The molecule has 0 heterocycles. The molecule has 3 aromatic rings. The molecule has 30 heavy (non-hydrogen) atoms. The van der Waals surface area contributed by atoms with E-state index in [1.807, 2.05) is 30.3 Å². The number of amides is 2. The zero-order valence-corrected chi connectivity index (χ0v) is 15.9. The van der Waals surface area contributed by atoms with Crippen LogP contribution in [0.2, 0.25) is 0 Å². The van der Waals surface area contributed by atoms with E-state index in [0.717, 1.165) is 5.56 Å². The first-order chi connectivity index (χ1) is 14.5. The van der Waals surface area contributed by atoms with Crippen molar-refractivity contribution in [3.8, 4) is 5.75 Å². The number of nitrogens with zero attached hydrogens (tertiary/aromatic N) is 1. The first-order valence-electron chi connectivity index (χ1n) is 9.11. The van der Waals surface area contributed by atoms with Gasteiger partial charge in [0.25, 0.3) is 11.6 Å². The lowest BCUT2D eigenvalue weighted by Crippen LogP contribution is -2.32. The normalized spacial score (nSPS) is 10.1. The minimum Gasteiger partial charge on any atom is -0.489 e. The maximum Gasteiger partial charge on any atom is 0.296 e. The van der Waals surface area contributed by atoms with E-state index in [1.165, 1.54) is 18.2 Å². The van der Waals surface area contributed by atoms with Gasteiger partial charge >= 0.3 is 0 Å². The average Bonchev–Trinajstić information content (AvgIpc) is 2.78. The van der Waals surface area contributed by atoms with Gasteiger partial charge in [0.15, 0.2) is 0 Å². The maximum absolute atomic E-state index is 12.1. The number of hydrogen-bond acceptors (Lipinski definition) is 5. The van der Waals surface area contributed by atoms with Crippen LogP contribution < -0.4 is 15.4 Å². The Kier molecular flexibility index (Phi) is 6.73. The second kappa shape index (κ2) is 9.83. The molecule has 0 aliphatic rings. The van der Waals surface area contributed by atoms with Gasteiger partial charge in [-0.3, -0.25) is 19.7 Å². The standard InChI is InChI=1S/C22H19N3O5/c26-21(14-23-22(27)17-9-5-2-6-10-17)24-19-12-11-18(13-20(19)25(28)29)30-15-16-7-3-1-4-8-16/h1-13H,14-15H2,(H,23,27)(H,24,26). The molecule has 152 valence electrons. The largest absolute Gasteiger partial charge is 0.489 e. The van der Waals surface area contributed by atoms with Gasteiger partial charge in [0.2, 0.25) is 5.91 Å². The summed E-state index contributed by atoms with van der Waals surface area (Å²) in [6.07, 6.45) is 0. The molecular formula is C22H19N3O5. The van der Waals surface area contributed by atoms with Crippen molar-refractivity contribution in [3.05, 3.63) is 100 Å². The summed E-state index contributed by atoms with van der Waals surface area (Å²) in [7, 11) is 0. The van der Waals surface area contributed by atoms with Crippen molar-refractivity contribution in [2.24, 2.45) is 0 Å². The van der Waals surface area contributed by atoms with Crippen LogP contribution in [0.3, 0.4) is 0 Å². The minimum absolute atomic E-state index is 0.0195. The molecular weight excluding hydrogens is 386 g/mol. The third-order valence-electron chi connectivity index (χ3n) is 4.13. The number of nitrogens with one attached hydrogen (secondary N) is 2. The fourth-order valence-electron chi connectivity index (χ4n) is 2.65. The van der Waals surface area contributed by atoms with Crippen molar-refractivity contribution in [1.29, 1.82) is 0 Å². The van der Waals surface area contributed by atoms with Gasteiger partial charge < -0.3 is 15.4 Å². The van der Waals surface area contributed by atoms with Crippen LogP contribution in [0, 0.1) is 10.1 Å². The summed E-state index contributed by atoms with van der Waals surface area (Å²) >= 11 is 0. The maximum atomic E-state index is 12.1. The second-order valence-corrected chi connectivity index (χ2v) is 6.31. The molecule has 0 aliphatic heterocycles. The molecule has 0 saturated carbocycles. The number of hydrogen-bond donors (Lipinski definition) is 2. The van der Waals surface area contributed by atoms with Crippen molar-refractivity contribution in [2.75, 3.05) is 11.9 Å². The Balaban J connectivity index is 1.61. The topological polar surface area (TPSA) is 111 Å². The molecule has 0 saturated heterocycles. The van der Waals surface area contributed by atoms with Crippen LogP contribution in [-0.4, -0.2) is 23.3 Å². The fourth-order valence-corrected chi connectivity index (χ4v) is 2.65. The summed E-state index contributed by atoms with van der Waals surface area (Å²) in [4.78, 5) is 34.9. The van der Waals surface area contributed by atoms with Gasteiger partial charge in [0, 0.05) is 5.56 Å². The zero-order chi connectivity index (χ0) is 21.3. The van der Waals surface area contributed by atoms with Gasteiger partial charge in [-0.05, 0) is 29.8 Å². The molecule has 0 radical (unpaired) electrons. The number of nitro benzene ring substituents is 1. The third kappa shape index (κ3) is 5.65. The molecule has 8 nitrogen and oxygen atoms in total. The van der Waals surface area contributed by atoms with E-state index in [9.17, 15) is 19.7 Å². The Hall–Kier alpha value is -4.20. The number of carbonyl (C=O) groups excluding carboxylic acids is 2. The molecule has 0 aliphatic carbocycles. The second-order valence-electron chi connectivity index (χ2n) is 6.31. The number of anilines is 1. The molecule has 0 aromatic heterocycles. The van der Waals surface area contributed by atoms with E-state index in [0.29, 0.717) is 11.3 Å². The zero-order valence-electron chi connectivity index (χ0n) is 15.9. The third-order valence-corrected chi connectivity index (χ3v) is 4.13. The molecule has 0 bridgehead atoms. The Morgan fingerprint density at radius 2 is 1.60 bits per heavy atom. The lowest BCUT2D eigenvalue weighted by atomic mass is 10.2. The molecule has 0 atom stereocenters. The van der Waals surface area contributed by atoms with Crippen molar-refractivity contribution < 1.29 is 19.2 Å². The molecule has 0 fully saturated rings. The van der Waals surface area contributed by atoms with E-state index >= 15 is 0 Å². The summed E-state index contributed by atoms with van der Waals surface area (Å²) in [6, 6.07) is 22.0. The number of benzene rings is 3. The SMILES string of the molecule is O=C(CNC(=O)c1ccccc1)Nc1ccc(OCc2ccccc2)cc1[N+](=O)[O-]. The Bertz CT molecular complexity index is 1040. The fraction of sp³-hybridized carbons (Fsp3) is 0.0909. The minimum atomic E-state index is -0.604. The van der Waals surface area contributed by atoms with Crippen LogP contribution in [0.5, 0.6) is 5.75 Å². The van der Waals surface area contributed by atoms with Gasteiger partial charge in [-0.15, -0.1) is 0 Å². The van der Waals surface area contributed by atoms with Crippen LogP contribution in [0.25, 0.3) is 0 Å². The van der Waals surface area contributed by atoms with E-state index < -0.39 is 16.7 Å². The monoisotopic (exact) mass is 405 g/mol. The Labute approximate surface area is 172 Å². The lowest BCUT2D eigenvalue weighted by molar-refractivity contribution is -0.384. The van der Waals surface area contributed by atoms with Crippen LogP contribution in [0.1, 0.15) is 15.9 Å². The highest BCUT2D eigenvalue weighted by molar-refractivity contribution is 6.00. The van der Waals surface area contributed by atoms with E-state index in [2.05, 4.69) is 10.6 Å². The first-order valence-corrected chi connectivity index (χ1v) is 9.11. The average molecular weight is 405 g/mol. The smallest absolute Gasteiger partial charge is 0.296 e. The van der Waals surface area contributed by atoms with Gasteiger partial charge in [0.05, 0.1) is 17.5 Å². The van der Waals surface area contributed by atoms with Crippen LogP contribution >= 0.6 is 0 Å². The van der Waals surface area contributed by atoms with Gasteiger partial charge in [0.1, 0.15) is 18.0 Å². The summed E-state index contributed by atoms with van der Waals surface area (Å²) in [5, 5.41) is 16.3. The summed E-state index contributed by atoms with van der Waals surface area (Å²) in [5.74, 6) is -0.689. The van der Waals surface area contributed by atoms with Gasteiger partial charge in [-0.2, -0.15) is 0 Å². The lowest BCUT2D eigenvalue weighted by Gasteiger charge is -2.10. The molecule has 3 aromatic carbocycles. The van der Waals surface area contributed by atoms with Crippen molar-refractivity contribution >= 4 is 23.2 Å². The predicted molar refractivity (Wildman–Crippen MR) is 111 cm³/mol. The summed E-state index contributed by atoms with van der Waals surface area (Å²) in [6.45, 7) is -0.0631. The summed E-state index contributed by atoms with van der Waals surface area (Å²) in [5.41, 5.74) is 1.05. The number of nitro groups is 1. The van der Waals surface area contributed by atoms with Crippen molar-refractivity contribution in [1.82, 2.24) is 5.32 Å². The van der Waals surface area contributed by atoms with E-state index in [1.54, 1.807) is 30.3 Å². The molecule has 0 spiro atoms. The van der Waals surface area contributed by atoms with Gasteiger partial charge in [-0.25, -0.2) is 0 Å². The van der Waals surface area contributed by atoms with Crippen LogP contribution in [0.4, 0.5) is 11.4 Å². The highest BCUT2D eigenvalue weighted by atomic mass is 16.6. The molecule has 3 rings (SSSR count). The predicted octanol–water partition coefficient (Wildman–Crippen LogP) is 3.54. The molecule has 0 unspecified atom stereocenters. The quantitative estimate of drug-likeness (QED) is 0.440. The molecule has 8 heteroatoms. The summed E-state index contributed by atoms with van der Waals surface area (Å²) < 4.78 is 5.60. The Morgan fingerprint density at radius 1 is 0.933 bits per heavy atom. The van der Waals surface area contributed by atoms with Crippen LogP contribution in [-0.2, 0) is 11.4 Å². The van der Waals surface area contributed by atoms with Crippen molar-refractivity contribution in [2.45, 2.75) is 6.61 Å². The van der Waals surface area contributed by atoms with Crippen molar-refractivity contribution in [3.63, 3.8) is 0 Å².